The number of carboxylic acids is 1. The summed E-state index contributed by atoms with van der Waals surface area (Å²) in [6.07, 6.45) is 3.35. The first-order valence-corrected chi connectivity index (χ1v) is 12.8. The van der Waals surface area contributed by atoms with Crippen LogP contribution in [0.5, 0.6) is 0 Å². The molecule has 9 nitrogen and oxygen atoms in total. The quantitative estimate of drug-likeness (QED) is 0.415. The maximum absolute atomic E-state index is 12.1. The maximum Gasteiger partial charge on any atom is 0.312 e. The number of carbonyl (C=O) groups excluding carboxylic acids is 3. The van der Waals surface area contributed by atoms with Crippen LogP contribution in [0.1, 0.15) is 86.5 Å². The number of carboxylic acid groups (broad SMARTS) is 1. The topological polar surface area (TPSA) is 125 Å². The smallest absolute Gasteiger partial charge is 0.312 e. The number of esters is 3. The molecule has 4 rings (SSSR count). The minimum Gasteiger partial charge on any atom is -0.481 e. The summed E-state index contributed by atoms with van der Waals surface area (Å²) in [7, 11) is 0. The van der Waals surface area contributed by atoms with E-state index in [-0.39, 0.29) is 48.1 Å². The lowest BCUT2D eigenvalue weighted by molar-refractivity contribution is -0.169. The Labute approximate surface area is 207 Å². The molecule has 3 aliphatic heterocycles. The molecule has 5 unspecified atom stereocenters. The Kier molecular flexibility index (Phi) is 8.19. The Morgan fingerprint density at radius 3 is 1.97 bits per heavy atom. The van der Waals surface area contributed by atoms with Gasteiger partial charge in [-0.25, -0.2) is 0 Å². The van der Waals surface area contributed by atoms with E-state index in [1.54, 1.807) is 0 Å². The van der Waals surface area contributed by atoms with Crippen LogP contribution >= 0.6 is 0 Å². The van der Waals surface area contributed by atoms with E-state index in [1.807, 2.05) is 41.5 Å². The summed E-state index contributed by atoms with van der Waals surface area (Å²) in [5.74, 6) is -1.76. The third kappa shape index (κ3) is 5.81. The summed E-state index contributed by atoms with van der Waals surface area (Å²) in [5.41, 5.74) is -0.951. The van der Waals surface area contributed by atoms with E-state index in [9.17, 15) is 19.2 Å². The standard InChI is InChI=1S/C13H18O5.C13H22O4/c1-4-13(2,3)12(15)18-9-7-5-6-8(16-7)10(9)17-11(6)14;1-4-13(2,3)12(16)17-10-7-5-9(6-8-10)11(14)15/h6-10H,4-5H2,1-3H3;9-10H,4-8H2,1-3H3,(H,14,15). The molecule has 0 aromatic rings. The van der Waals surface area contributed by atoms with Crippen molar-refractivity contribution in [2.45, 2.75) is 117 Å². The average molecular weight is 497 g/mol. The predicted molar refractivity (Wildman–Crippen MR) is 124 cm³/mol. The van der Waals surface area contributed by atoms with E-state index in [4.69, 9.17) is 24.1 Å². The van der Waals surface area contributed by atoms with Gasteiger partial charge in [0.15, 0.2) is 12.2 Å². The molecule has 4 fully saturated rings. The average Bonchev–Trinajstić information content (AvgIpc) is 3.45. The predicted octanol–water partition coefficient (Wildman–Crippen LogP) is 3.66. The lowest BCUT2D eigenvalue weighted by atomic mass is 9.86. The van der Waals surface area contributed by atoms with Crippen molar-refractivity contribution in [3.05, 3.63) is 0 Å². The molecular weight excluding hydrogens is 456 g/mol. The lowest BCUT2D eigenvalue weighted by Crippen LogP contribution is -2.42. The SMILES string of the molecule is CCC(C)(C)C(=O)OC1C2CC3C(=O)OC1C3O2.CCC(C)(C)C(=O)OC1CCC(C(=O)O)CC1. The Morgan fingerprint density at radius 2 is 1.46 bits per heavy atom. The van der Waals surface area contributed by atoms with Gasteiger partial charge in [-0.15, -0.1) is 0 Å². The van der Waals surface area contributed by atoms with Gasteiger partial charge in [0.05, 0.1) is 28.8 Å². The van der Waals surface area contributed by atoms with Crippen molar-refractivity contribution in [2.75, 3.05) is 0 Å². The van der Waals surface area contributed by atoms with Crippen LogP contribution in [0.15, 0.2) is 0 Å². The molecule has 4 aliphatic rings. The molecule has 1 N–H and O–H groups in total. The molecule has 3 heterocycles. The lowest BCUT2D eigenvalue weighted by Gasteiger charge is -2.29. The zero-order chi connectivity index (χ0) is 26.1. The first-order chi connectivity index (χ1) is 16.3. The van der Waals surface area contributed by atoms with Crippen LogP contribution in [0.3, 0.4) is 0 Å². The number of hydrogen-bond donors (Lipinski definition) is 1. The summed E-state index contributed by atoms with van der Waals surface area (Å²) in [6.45, 7) is 11.4. The molecule has 0 amide bonds. The number of aliphatic carboxylic acids is 1. The van der Waals surface area contributed by atoms with Gasteiger partial charge in [-0.1, -0.05) is 13.8 Å². The Hall–Kier alpha value is -2.16. The van der Waals surface area contributed by atoms with E-state index in [0.717, 1.165) is 6.42 Å². The largest absolute Gasteiger partial charge is 0.481 e. The monoisotopic (exact) mass is 496 g/mol. The third-order valence-electron chi connectivity index (χ3n) is 8.20. The van der Waals surface area contributed by atoms with Gasteiger partial charge in [0.25, 0.3) is 0 Å². The first kappa shape index (κ1) is 27.4. The van der Waals surface area contributed by atoms with E-state index >= 15 is 0 Å². The second-order valence-corrected chi connectivity index (χ2v) is 11.4. The zero-order valence-electron chi connectivity index (χ0n) is 21.7. The van der Waals surface area contributed by atoms with Crippen LogP contribution in [0.2, 0.25) is 0 Å². The molecule has 198 valence electrons. The third-order valence-corrected chi connectivity index (χ3v) is 8.20. The second-order valence-electron chi connectivity index (χ2n) is 11.4. The molecule has 1 aliphatic carbocycles. The van der Waals surface area contributed by atoms with E-state index in [0.29, 0.717) is 38.5 Å². The molecule has 2 bridgehead atoms. The molecule has 5 atom stereocenters. The van der Waals surface area contributed by atoms with Gasteiger partial charge >= 0.3 is 23.9 Å². The van der Waals surface area contributed by atoms with E-state index in [2.05, 4.69) is 0 Å². The van der Waals surface area contributed by atoms with Gasteiger partial charge in [0.2, 0.25) is 0 Å². The van der Waals surface area contributed by atoms with Crippen molar-refractivity contribution in [3.63, 3.8) is 0 Å². The molecule has 0 radical (unpaired) electrons. The van der Waals surface area contributed by atoms with E-state index < -0.39 is 29.0 Å². The molecule has 0 aromatic carbocycles. The summed E-state index contributed by atoms with van der Waals surface area (Å²) in [6, 6.07) is 0. The Bertz CT molecular complexity index is 825. The van der Waals surface area contributed by atoms with E-state index in [1.165, 1.54) is 0 Å². The fraction of sp³-hybridized carbons (Fsp3) is 0.846. The van der Waals surface area contributed by atoms with Crippen LogP contribution in [0, 0.1) is 22.7 Å². The Morgan fingerprint density at radius 1 is 0.914 bits per heavy atom. The van der Waals surface area contributed by atoms with Crippen molar-refractivity contribution in [3.8, 4) is 0 Å². The van der Waals surface area contributed by atoms with Crippen molar-refractivity contribution < 1.29 is 43.2 Å². The first-order valence-electron chi connectivity index (χ1n) is 12.8. The minimum absolute atomic E-state index is 0.0936. The van der Waals surface area contributed by atoms with Crippen LogP contribution in [0.4, 0.5) is 0 Å². The van der Waals surface area contributed by atoms with Crippen LogP contribution in [-0.2, 0) is 38.1 Å². The number of rotatable bonds is 7. The number of fused-ring (bicyclic) bond motifs is 1. The molecule has 9 heteroatoms. The van der Waals surface area contributed by atoms with Crippen molar-refractivity contribution in [1.82, 2.24) is 0 Å². The van der Waals surface area contributed by atoms with Crippen LogP contribution < -0.4 is 0 Å². The van der Waals surface area contributed by atoms with Gasteiger partial charge < -0.3 is 24.1 Å². The highest BCUT2D eigenvalue weighted by Gasteiger charge is 2.65. The highest BCUT2D eigenvalue weighted by Crippen LogP contribution is 2.47. The summed E-state index contributed by atoms with van der Waals surface area (Å²) in [5, 5.41) is 8.87. The van der Waals surface area contributed by atoms with Gasteiger partial charge in [0.1, 0.15) is 12.2 Å². The molecule has 1 saturated carbocycles. The van der Waals surface area contributed by atoms with Crippen molar-refractivity contribution in [2.24, 2.45) is 22.7 Å². The minimum atomic E-state index is -0.733. The number of hydrogen-bond acceptors (Lipinski definition) is 8. The summed E-state index contributed by atoms with van der Waals surface area (Å²) in [4.78, 5) is 46.2. The highest BCUT2D eigenvalue weighted by atomic mass is 16.7. The number of carbonyl (C=O) groups is 4. The fourth-order valence-corrected chi connectivity index (χ4v) is 4.69. The molecule has 0 spiro atoms. The van der Waals surface area contributed by atoms with Crippen molar-refractivity contribution in [1.29, 1.82) is 0 Å². The van der Waals surface area contributed by atoms with Gasteiger partial charge in [-0.05, 0) is 72.6 Å². The van der Waals surface area contributed by atoms with Gasteiger partial charge in [-0.3, -0.25) is 19.2 Å². The van der Waals surface area contributed by atoms with Crippen LogP contribution in [-0.4, -0.2) is 59.5 Å². The molecule has 0 aromatic heterocycles. The zero-order valence-corrected chi connectivity index (χ0v) is 21.7. The number of ether oxygens (including phenoxy) is 4. The van der Waals surface area contributed by atoms with Crippen LogP contribution in [0.25, 0.3) is 0 Å². The normalized spacial score (nSPS) is 33.4. The maximum atomic E-state index is 12.1. The fourth-order valence-electron chi connectivity index (χ4n) is 4.69. The summed E-state index contributed by atoms with van der Waals surface area (Å²) < 4.78 is 21.9. The molecule has 35 heavy (non-hydrogen) atoms. The van der Waals surface area contributed by atoms with Gasteiger partial charge in [-0.2, -0.15) is 0 Å². The second kappa shape index (κ2) is 10.4. The highest BCUT2D eigenvalue weighted by molar-refractivity contribution is 5.79. The molecular formula is C26H40O9. The molecule has 3 saturated heterocycles. The van der Waals surface area contributed by atoms with Gasteiger partial charge in [0, 0.05) is 0 Å². The van der Waals surface area contributed by atoms with Crippen molar-refractivity contribution >= 4 is 23.9 Å². The summed E-state index contributed by atoms with van der Waals surface area (Å²) >= 11 is 0. The Balaban J connectivity index is 0.000000196.